The molecule has 1 N–H and O–H groups in total. The molecule has 2 nitrogen and oxygen atoms in total. The lowest BCUT2D eigenvalue weighted by atomic mass is 10.1. The number of benzene rings is 1. The predicted molar refractivity (Wildman–Crippen MR) is 64.9 cm³/mol. The van der Waals surface area contributed by atoms with Crippen LogP contribution >= 0.6 is 15.9 Å². The largest absolute Gasteiger partial charge is 0.390 e. The number of hydrogen-bond donors (Lipinski definition) is 1. The molecule has 1 aromatic carbocycles. The van der Waals surface area contributed by atoms with Crippen molar-refractivity contribution in [1.29, 1.82) is 0 Å². The minimum Gasteiger partial charge on any atom is -0.390 e. The molecule has 0 spiro atoms. The smallest absolute Gasteiger partial charge is 0.0814 e. The van der Waals surface area contributed by atoms with Gasteiger partial charge in [0.05, 0.1) is 18.8 Å². The molecule has 0 heterocycles. The SMILES string of the molecule is CC(C)OCC(O)Cc1cccc(Br)c1. The van der Waals surface area contributed by atoms with Gasteiger partial charge < -0.3 is 9.84 Å². The number of aliphatic hydroxyl groups excluding tert-OH is 1. The molecule has 0 saturated carbocycles. The van der Waals surface area contributed by atoms with E-state index in [2.05, 4.69) is 15.9 Å². The van der Waals surface area contributed by atoms with Crippen LogP contribution in [0.2, 0.25) is 0 Å². The zero-order valence-corrected chi connectivity index (χ0v) is 10.7. The Hall–Kier alpha value is -0.380. The van der Waals surface area contributed by atoms with Gasteiger partial charge in [0.15, 0.2) is 0 Å². The van der Waals surface area contributed by atoms with Gasteiger partial charge in [-0.15, -0.1) is 0 Å². The van der Waals surface area contributed by atoms with Crippen molar-refractivity contribution in [2.24, 2.45) is 0 Å². The molecule has 3 heteroatoms. The third kappa shape index (κ3) is 5.30. The standard InChI is InChI=1S/C12H17BrO2/c1-9(2)15-8-12(14)7-10-4-3-5-11(13)6-10/h3-6,9,12,14H,7-8H2,1-2H3. The Morgan fingerprint density at radius 2 is 2.13 bits per heavy atom. The molecule has 0 aromatic heterocycles. The highest BCUT2D eigenvalue weighted by atomic mass is 79.9. The van der Waals surface area contributed by atoms with Crippen molar-refractivity contribution in [2.75, 3.05) is 6.61 Å². The first-order valence-corrected chi connectivity index (χ1v) is 5.91. The zero-order chi connectivity index (χ0) is 11.3. The number of hydrogen-bond acceptors (Lipinski definition) is 2. The molecule has 0 amide bonds. The highest BCUT2D eigenvalue weighted by molar-refractivity contribution is 9.10. The first-order chi connectivity index (χ1) is 7.08. The van der Waals surface area contributed by atoms with E-state index in [0.29, 0.717) is 13.0 Å². The Balaban J connectivity index is 2.40. The molecule has 0 saturated heterocycles. The summed E-state index contributed by atoms with van der Waals surface area (Å²) in [6.07, 6.45) is 0.371. The van der Waals surface area contributed by atoms with Gasteiger partial charge in [-0.25, -0.2) is 0 Å². The lowest BCUT2D eigenvalue weighted by molar-refractivity contribution is 0.00621. The summed E-state index contributed by atoms with van der Waals surface area (Å²) < 4.78 is 6.38. The molecule has 84 valence electrons. The quantitative estimate of drug-likeness (QED) is 0.893. The van der Waals surface area contributed by atoms with Crippen LogP contribution in [0.15, 0.2) is 28.7 Å². The third-order valence-corrected chi connectivity index (χ3v) is 2.48. The van der Waals surface area contributed by atoms with Crippen molar-refractivity contribution in [3.05, 3.63) is 34.3 Å². The molecular formula is C12H17BrO2. The Morgan fingerprint density at radius 1 is 1.40 bits per heavy atom. The number of ether oxygens (including phenoxy) is 1. The molecule has 1 atom stereocenters. The van der Waals surface area contributed by atoms with Crippen LogP contribution in [0.25, 0.3) is 0 Å². The summed E-state index contributed by atoms with van der Waals surface area (Å²) in [6, 6.07) is 7.96. The highest BCUT2D eigenvalue weighted by Crippen LogP contribution is 2.13. The highest BCUT2D eigenvalue weighted by Gasteiger charge is 2.07. The average molecular weight is 273 g/mol. The second kappa shape index (κ2) is 6.26. The summed E-state index contributed by atoms with van der Waals surface area (Å²) in [5.74, 6) is 0. The zero-order valence-electron chi connectivity index (χ0n) is 9.11. The third-order valence-electron chi connectivity index (χ3n) is 1.98. The van der Waals surface area contributed by atoms with Crippen LogP contribution in [-0.2, 0) is 11.2 Å². The molecule has 15 heavy (non-hydrogen) atoms. The summed E-state index contributed by atoms with van der Waals surface area (Å²) in [4.78, 5) is 0. The summed E-state index contributed by atoms with van der Waals surface area (Å²) in [5.41, 5.74) is 1.12. The molecule has 0 aliphatic rings. The second-order valence-electron chi connectivity index (χ2n) is 3.87. The fraction of sp³-hybridized carbons (Fsp3) is 0.500. The Bertz CT molecular complexity index is 299. The molecule has 1 unspecified atom stereocenters. The topological polar surface area (TPSA) is 29.5 Å². The van der Waals surface area contributed by atoms with Crippen LogP contribution < -0.4 is 0 Å². The molecule has 0 radical (unpaired) electrons. The fourth-order valence-corrected chi connectivity index (χ4v) is 1.75. The van der Waals surface area contributed by atoms with Crippen molar-refractivity contribution >= 4 is 15.9 Å². The van der Waals surface area contributed by atoms with Gasteiger partial charge in [0.2, 0.25) is 0 Å². The van der Waals surface area contributed by atoms with Crippen LogP contribution in [0.3, 0.4) is 0 Å². The van der Waals surface area contributed by atoms with E-state index in [1.54, 1.807) is 0 Å². The molecule has 0 aliphatic heterocycles. The summed E-state index contributed by atoms with van der Waals surface area (Å²) >= 11 is 3.40. The maximum atomic E-state index is 9.70. The first kappa shape index (κ1) is 12.7. The van der Waals surface area contributed by atoms with E-state index in [0.717, 1.165) is 10.0 Å². The molecule has 0 bridgehead atoms. The predicted octanol–water partition coefficient (Wildman–Crippen LogP) is 2.78. The van der Waals surface area contributed by atoms with Gasteiger partial charge in [0.1, 0.15) is 0 Å². The van der Waals surface area contributed by atoms with Gasteiger partial charge in [-0.05, 0) is 31.5 Å². The molecular weight excluding hydrogens is 256 g/mol. The van der Waals surface area contributed by atoms with Gasteiger partial charge >= 0.3 is 0 Å². The number of aliphatic hydroxyl groups is 1. The molecule has 0 fully saturated rings. The van der Waals surface area contributed by atoms with E-state index in [1.807, 2.05) is 38.1 Å². The van der Waals surface area contributed by atoms with E-state index >= 15 is 0 Å². The lowest BCUT2D eigenvalue weighted by Gasteiger charge is -2.13. The van der Waals surface area contributed by atoms with Gasteiger partial charge in [0, 0.05) is 10.9 Å². The van der Waals surface area contributed by atoms with Gasteiger partial charge in [-0.1, -0.05) is 28.1 Å². The van der Waals surface area contributed by atoms with Crippen molar-refractivity contribution in [3.8, 4) is 0 Å². The summed E-state index contributed by atoms with van der Waals surface area (Å²) in [7, 11) is 0. The first-order valence-electron chi connectivity index (χ1n) is 5.12. The van der Waals surface area contributed by atoms with E-state index in [9.17, 15) is 5.11 Å². The number of rotatable bonds is 5. The minimum absolute atomic E-state index is 0.169. The molecule has 1 rings (SSSR count). The fourth-order valence-electron chi connectivity index (χ4n) is 1.30. The average Bonchev–Trinajstić information content (AvgIpc) is 2.15. The maximum absolute atomic E-state index is 9.70. The van der Waals surface area contributed by atoms with Crippen molar-refractivity contribution in [1.82, 2.24) is 0 Å². The van der Waals surface area contributed by atoms with E-state index in [4.69, 9.17) is 4.74 Å². The van der Waals surface area contributed by atoms with Crippen LogP contribution in [-0.4, -0.2) is 23.9 Å². The normalized spacial score (nSPS) is 13.1. The van der Waals surface area contributed by atoms with Gasteiger partial charge in [0.25, 0.3) is 0 Å². The van der Waals surface area contributed by atoms with E-state index < -0.39 is 6.10 Å². The van der Waals surface area contributed by atoms with Gasteiger partial charge in [-0.2, -0.15) is 0 Å². The van der Waals surface area contributed by atoms with Crippen molar-refractivity contribution in [2.45, 2.75) is 32.5 Å². The Kier molecular flexibility index (Phi) is 5.29. The maximum Gasteiger partial charge on any atom is 0.0814 e. The van der Waals surface area contributed by atoms with Crippen LogP contribution in [0.1, 0.15) is 19.4 Å². The van der Waals surface area contributed by atoms with E-state index in [1.165, 1.54) is 0 Å². The van der Waals surface area contributed by atoms with Crippen LogP contribution in [0.5, 0.6) is 0 Å². The Labute approximate surface area is 99.4 Å². The second-order valence-corrected chi connectivity index (χ2v) is 4.79. The summed E-state index contributed by atoms with van der Waals surface area (Å²) in [5, 5.41) is 9.70. The van der Waals surface area contributed by atoms with Crippen molar-refractivity contribution in [3.63, 3.8) is 0 Å². The minimum atomic E-state index is -0.429. The van der Waals surface area contributed by atoms with Crippen molar-refractivity contribution < 1.29 is 9.84 Å². The number of halogens is 1. The molecule has 0 aliphatic carbocycles. The van der Waals surface area contributed by atoms with E-state index in [-0.39, 0.29) is 6.10 Å². The van der Waals surface area contributed by atoms with Crippen LogP contribution in [0, 0.1) is 0 Å². The Morgan fingerprint density at radius 3 is 2.73 bits per heavy atom. The monoisotopic (exact) mass is 272 g/mol. The van der Waals surface area contributed by atoms with Crippen LogP contribution in [0.4, 0.5) is 0 Å². The molecule has 1 aromatic rings. The lowest BCUT2D eigenvalue weighted by Crippen LogP contribution is -2.20. The summed E-state index contributed by atoms with van der Waals surface area (Å²) in [6.45, 7) is 4.32. The van der Waals surface area contributed by atoms with Gasteiger partial charge in [-0.3, -0.25) is 0 Å².